The molecule has 140 valence electrons. The summed E-state index contributed by atoms with van der Waals surface area (Å²) in [5.41, 5.74) is 2.10. The van der Waals surface area contributed by atoms with E-state index < -0.39 is 0 Å². The van der Waals surface area contributed by atoms with Crippen molar-refractivity contribution >= 4 is 16.7 Å². The lowest BCUT2D eigenvalue weighted by Crippen LogP contribution is -2.37. The van der Waals surface area contributed by atoms with E-state index in [1.807, 2.05) is 31.0 Å². The Bertz CT molecular complexity index is 923. The Labute approximate surface area is 160 Å². The van der Waals surface area contributed by atoms with Crippen LogP contribution in [0, 0.1) is 5.82 Å². The first-order chi connectivity index (χ1) is 12.9. The number of halogens is 1. The molecular formula is C23H25FN2O. The van der Waals surface area contributed by atoms with Crippen molar-refractivity contribution in [3.05, 3.63) is 83.7 Å². The average molecular weight is 364 g/mol. The van der Waals surface area contributed by atoms with Gasteiger partial charge in [0.1, 0.15) is 5.82 Å². The minimum atomic E-state index is -0.268. The quantitative estimate of drug-likeness (QED) is 0.637. The topological polar surface area (TPSA) is 23.6 Å². The molecule has 0 aliphatic carbocycles. The van der Waals surface area contributed by atoms with Crippen LogP contribution in [0.3, 0.4) is 0 Å². The molecule has 1 amide bonds. The van der Waals surface area contributed by atoms with Crippen molar-refractivity contribution in [2.45, 2.75) is 19.5 Å². The fourth-order valence-electron chi connectivity index (χ4n) is 3.23. The molecule has 0 saturated carbocycles. The Balaban J connectivity index is 1.61. The van der Waals surface area contributed by atoms with Crippen LogP contribution < -0.4 is 0 Å². The third kappa shape index (κ3) is 4.72. The highest BCUT2D eigenvalue weighted by atomic mass is 19.1. The summed E-state index contributed by atoms with van der Waals surface area (Å²) in [6.45, 7) is 2.98. The molecule has 0 fully saturated rings. The third-order valence-corrected chi connectivity index (χ3v) is 5.00. The summed E-state index contributed by atoms with van der Waals surface area (Å²) in [5.74, 6) is -0.231. The summed E-state index contributed by atoms with van der Waals surface area (Å²) >= 11 is 0. The van der Waals surface area contributed by atoms with Crippen LogP contribution >= 0.6 is 0 Å². The Hall–Kier alpha value is -2.72. The van der Waals surface area contributed by atoms with Crippen molar-refractivity contribution in [1.29, 1.82) is 0 Å². The summed E-state index contributed by atoms with van der Waals surface area (Å²) in [5, 5.41) is 2.42. The van der Waals surface area contributed by atoms with Crippen LogP contribution in [0.2, 0.25) is 0 Å². The Kier molecular flexibility index (Phi) is 5.87. The predicted octanol–water partition coefficient (Wildman–Crippen LogP) is 4.63. The van der Waals surface area contributed by atoms with Gasteiger partial charge in [-0.25, -0.2) is 4.39 Å². The number of likely N-dealkylation sites (N-methyl/N-ethyl adjacent to an activating group) is 2. The van der Waals surface area contributed by atoms with E-state index in [-0.39, 0.29) is 17.8 Å². The molecule has 3 rings (SSSR count). The fourth-order valence-corrected chi connectivity index (χ4v) is 3.23. The molecule has 3 aromatic carbocycles. The Morgan fingerprint density at radius 3 is 2.33 bits per heavy atom. The molecule has 0 spiro atoms. The minimum absolute atomic E-state index is 0.0371. The number of benzene rings is 3. The van der Waals surface area contributed by atoms with E-state index in [1.165, 1.54) is 28.5 Å². The van der Waals surface area contributed by atoms with Crippen molar-refractivity contribution in [2.75, 3.05) is 20.6 Å². The summed E-state index contributed by atoms with van der Waals surface area (Å²) in [4.78, 5) is 16.4. The zero-order valence-electron chi connectivity index (χ0n) is 16.0. The maximum absolute atomic E-state index is 13.1. The number of rotatable bonds is 6. The van der Waals surface area contributed by atoms with Gasteiger partial charge >= 0.3 is 0 Å². The highest BCUT2D eigenvalue weighted by Crippen LogP contribution is 2.20. The number of hydrogen-bond donors (Lipinski definition) is 0. The summed E-state index contributed by atoms with van der Waals surface area (Å²) in [6.07, 6.45) is 0. The van der Waals surface area contributed by atoms with E-state index in [9.17, 15) is 9.18 Å². The van der Waals surface area contributed by atoms with Gasteiger partial charge in [0.15, 0.2) is 0 Å². The lowest BCUT2D eigenvalue weighted by Gasteiger charge is -2.27. The number of nitrogens with zero attached hydrogens (tertiary/aromatic N) is 2. The normalized spacial score (nSPS) is 12.3. The molecule has 0 unspecified atom stereocenters. The maximum atomic E-state index is 13.1. The second-order valence-electron chi connectivity index (χ2n) is 7.09. The zero-order chi connectivity index (χ0) is 19.4. The van der Waals surface area contributed by atoms with Crippen molar-refractivity contribution < 1.29 is 9.18 Å². The van der Waals surface area contributed by atoms with E-state index in [4.69, 9.17) is 0 Å². The predicted molar refractivity (Wildman–Crippen MR) is 108 cm³/mol. The second-order valence-corrected chi connectivity index (χ2v) is 7.09. The van der Waals surface area contributed by atoms with Crippen molar-refractivity contribution in [2.24, 2.45) is 0 Å². The molecule has 0 saturated heterocycles. The lowest BCUT2D eigenvalue weighted by atomic mass is 10.1. The largest absolute Gasteiger partial charge is 0.338 e. The van der Waals surface area contributed by atoms with Crippen LogP contribution in [0.1, 0.15) is 24.1 Å². The summed E-state index contributed by atoms with van der Waals surface area (Å²) < 4.78 is 13.1. The second kappa shape index (κ2) is 8.31. The van der Waals surface area contributed by atoms with Crippen LogP contribution in [-0.2, 0) is 11.3 Å². The molecule has 0 bridgehead atoms. The van der Waals surface area contributed by atoms with E-state index >= 15 is 0 Å². The lowest BCUT2D eigenvalue weighted by molar-refractivity contribution is -0.132. The molecule has 1 atom stereocenters. The molecule has 27 heavy (non-hydrogen) atoms. The van der Waals surface area contributed by atoms with E-state index in [1.54, 1.807) is 24.1 Å². The van der Waals surface area contributed by atoms with Crippen LogP contribution in [0.15, 0.2) is 66.7 Å². The number of carbonyl (C=O) groups excluding carboxylic acids is 1. The number of carbonyl (C=O) groups is 1. The van der Waals surface area contributed by atoms with E-state index in [0.717, 1.165) is 5.56 Å². The first-order valence-corrected chi connectivity index (χ1v) is 9.11. The highest BCUT2D eigenvalue weighted by Gasteiger charge is 2.18. The molecule has 4 heteroatoms. The molecule has 0 radical (unpaired) electrons. The molecule has 0 heterocycles. The van der Waals surface area contributed by atoms with Crippen molar-refractivity contribution in [3.8, 4) is 0 Å². The first-order valence-electron chi connectivity index (χ1n) is 9.11. The maximum Gasteiger partial charge on any atom is 0.236 e. The molecule has 3 nitrogen and oxygen atoms in total. The van der Waals surface area contributed by atoms with Crippen LogP contribution in [0.25, 0.3) is 10.8 Å². The van der Waals surface area contributed by atoms with Gasteiger partial charge in [-0.3, -0.25) is 9.69 Å². The van der Waals surface area contributed by atoms with Gasteiger partial charge in [-0.2, -0.15) is 0 Å². The number of fused-ring (bicyclic) bond motifs is 1. The molecule has 0 aromatic heterocycles. The Morgan fingerprint density at radius 1 is 0.963 bits per heavy atom. The van der Waals surface area contributed by atoms with Gasteiger partial charge in [0.25, 0.3) is 0 Å². The molecule has 0 aliphatic heterocycles. The van der Waals surface area contributed by atoms with Gasteiger partial charge in [0, 0.05) is 13.6 Å². The van der Waals surface area contributed by atoms with Gasteiger partial charge in [0.05, 0.1) is 12.6 Å². The Morgan fingerprint density at radius 2 is 1.63 bits per heavy atom. The van der Waals surface area contributed by atoms with Gasteiger partial charge in [-0.15, -0.1) is 0 Å². The minimum Gasteiger partial charge on any atom is -0.338 e. The molecule has 0 N–H and O–H groups in total. The van der Waals surface area contributed by atoms with Crippen LogP contribution in [0.4, 0.5) is 4.39 Å². The van der Waals surface area contributed by atoms with Gasteiger partial charge < -0.3 is 4.90 Å². The van der Waals surface area contributed by atoms with Crippen LogP contribution in [-0.4, -0.2) is 36.3 Å². The van der Waals surface area contributed by atoms with Gasteiger partial charge in [0.2, 0.25) is 5.91 Å². The SMILES string of the molecule is C[C@@H](c1ccc(F)cc1)N(C)C(=O)CN(C)Cc1ccc2ccccc2c1. The number of hydrogen-bond acceptors (Lipinski definition) is 2. The first kappa shape index (κ1) is 19.1. The standard InChI is InChI=1S/C23H25FN2O/c1-17(19-10-12-22(24)13-11-19)26(3)23(27)16-25(2)15-18-8-9-20-6-4-5-7-21(20)14-18/h4-14,17H,15-16H2,1-3H3/t17-/m0/s1. The van der Waals surface area contributed by atoms with Gasteiger partial charge in [-0.1, -0.05) is 48.5 Å². The van der Waals surface area contributed by atoms with E-state index in [0.29, 0.717) is 13.1 Å². The molecule has 0 aliphatic rings. The van der Waals surface area contributed by atoms with Crippen molar-refractivity contribution in [3.63, 3.8) is 0 Å². The smallest absolute Gasteiger partial charge is 0.236 e. The van der Waals surface area contributed by atoms with Crippen molar-refractivity contribution in [1.82, 2.24) is 9.80 Å². The molecular weight excluding hydrogens is 339 g/mol. The third-order valence-electron chi connectivity index (χ3n) is 5.00. The van der Waals surface area contributed by atoms with Crippen LogP contribution in [0.5, 0.6) is 0 Å². The summed E-state index contributed by atoms with van der Waals surface area (Å²) in [6, 6.07) is 20.8. The summed E-state index contributed by atoms with van der Waals surface area (Å²) in [7, 11) is 3.74. The fraction of sp³-hybridized carbons (Fsp3) is 0.261. The van der Waals surface area contributed by atoms with E-state index in [2.05, 4.69) is 30.3 Å². The molecule has 3 aromatic rings. The highest BCUT2D eigenvalue weighted by molar-refractivity contribution is 5.83. The van der Waals surface area contributed by atoms with Gasteiger partial charge in [-0.05, 0) is 54.1 Å². The monoisotopic (exact) mass is 364 g/mol. The zero-order valence-corrected chi connectivity index (χ0v) is 16.0. The average Bonchev–Trinajstić information content (AvgIpc) is 2.67. The number of amides is 1.